The molecule has 78 valence electrons. The maximum absolute atomic E-state index is 11.1. The van der Waals surface area contributed by atoms with Gasteiger partial charge in [0, 0.05) is 0 Å². The Kier molecular flexibility index (Phi) is 3.54. The average Bonchev–Trinajstić information content (AvgIpc) is 2.44. The predicted molar refractivity (Wildman–Crippen MR) is 53.6 cm³/mol. The largest absolute Gasteiger partial charge is 0.437 e. The summed E-state index contributed by atoms with van der Waals surface area (Å²) < 4.78 is 5.31. The number of amides is 1. The highest BCUT2D eigenvalue weighted by Crippen LogP contribution is 2.24. The van der Waals surface area contributed by atoms with Crippen molar-refractivity contribution < 1.29 is 9.21 Å². The Morgan fingerprint density at radius 1 is 1.64 bits per heavy atom. The molecule has 0 saturated carbocycles. The first-order valence-corrected chi connectivity index (χ1v) is 5.03. The number of thioether (sulfide) groups is 1. The van der Waals surface area contributed by atoms with E-state index in [4.69, 9.17) is 10.3 Å². The Morgan fingerprint density at radius 2 is 2.29 bits per heavy atom. The maximum atomic E-state index is 11.1. The molecule has 1 heterocycles. The highest BCUT2D eigenvalue weighted by atomic mass is 32.2. The summed E-state index contributed by atoms with van der Waals surface area (Å²) >= 11 is 1.24. The summed E-state index contributed by atoms with van der Waals surface area (Å²) in [7, 11) is 0. The molecule has 0 aromatic carbocycles. The lowest BCUT2D eigenvalue weighted by Gasteiger charge is -2.05. The van der Waals surface area contributed by atoms with Gasteiger partial charge in [-0.25, -0.2) is 10.8 Å². The summed E-state index contributed by atoms with van der Waals surface area (Å²) in [4.78, 5) is 15.2. The topological polar surface area (TPSA) is 81.2 Å². The molecule has 3 N–H and O–H groups in total. The minimum absolute atomic E-state index is 0.247. The van der Waals surface area contributed by atoms with Crippen LogP contribution in [0.1, 0.15) is 18.4 Å². The van der Waals surface area contributed by atoms with Gasteiger partial charge in [0.05, 0.1) is 10.9 Å². The Morgan fingerprint density at radius 3 is 2.71 bits per heavy atom. The molecule has 0 radical (unpaired) electrons. The zero-order valence-electron chi connectivity index (χ0n) is 8.33. The molecule has 14 heavy (non-hydrogen) atoms. The van der Waals surface area contributed by atoms with E-state index < -0.39 is 0 Å². The Hall–Kier alpha value is -1.01. The van der Waals surface area contributed by atoms with E-state index in [0.29, 0.717) is 5.22 Å². The van der Waals surface area contributed by atoms with Gasteiger partial charge in [-0.3, -0.25) is 10.2 Å². The van der Waals surface area contributed by atoms with E-state index >= 15 is 0 Å². The van der Waals surface area contributed by atoms with Crippen molar-refractivity contribution in [2.45, 2.75) is 31.2 Å². The van der Waals surface area contributed by atoms with E-state index in [0.717, 1.165) is 11.5 Å². The third-order valence-corrected chi connectivity index (χ3v) is 2.74. The summed E-state index contributed by atoms with van der Waals surface area (Å²) in [6.07, 6.45) is 0. The number of rotatable bonds is 3. The van der Waals surface area contributed by atoms with Crippen LogP contribution in [-0.4, -0.2) is 16.1 Å². The molecule has 0 bridgehead atoms. The van der Waals surface area contributed by atoms with Crippen molar-refractivity contribution in [1.29, 1.82) is 0 Å². The summed E-state index contributed by atoms with van der Waals surface area (Å²) in [5, 5.41) is 0.188. The van der Waals surface area contributed by atoms with E-state index in [9.17, 15) is 4.79 Å². The summed E-state index contributed by atoms with van der Waals surface area (Å²) in [5.41, 5.74) is 2.92. The van der Waals surface area contributed by atoms with Crippen LogP contribution in [0.4, 0.5) is 0 Å². The normalized spacial score (nSPS) is 12.6. The zero-order valence-corrected chi connectivity index (χ0v) is 9.14. The molecular formula is C8H13N3O2S. The Labute approximate surface area is 86.4 Å². The van der Waals surface area contributed by atoms with Crippen LogP contribution < -0.4 is 11.3 Å². The summed E-state index contributed by atoms with van der Waals surface area (Å²) in [5.74, 6) is 5.52. The van der Waals surface area contributed by atoms with Crippen LogP contribution in [0.3, 0.4) is 0 Å². The minimum Gasteiger partial charge on any atom is -0.437 e. The molecule has 6 heteroatoms. The standard InChI is InChI=1S/C8H13N3O2S/c1-4-5(2)13-8(10-4)14-6(3)7(12)11-9/h6H,9H2,1-3H3,(H,11,12). The van der Waals surface area contributed by atoms with Gasteiger partial charge in [0.25, 0.3) is 5.22 Å². The molecule has 1 aromatic rings. The quantitative estimate of drug-likeness (QED) is 0.337. The van der Waals surface area contributed by atoms with Gasteiger partial charge in [-0.1, -0.05) is 11.8 Å². The second-order valence-electron chi connectivity index (χ2n) is 2.89. The highest BCUT2D eigenvalue weighted by molar-refractivity contribution is 8.00. The van der Waals surface area contributed by atoms with Crippen LogP contribution >= 0.6 is 11.8 Å². The van der Waals surface area contributed by atoms with Crippen LogP contribution in [0.2, 0.25) is 0 Å². The predicted octanol–water partition coefficient (Wildman–Crippen LogP) is 0.762. The van der Waals surface area contributed by atoms with Crippen LogP contribution in [0.15, 0.2) is 9.64 Å². The van der Waals surface area contributed by atoms with E-state index in [1.54, 1.807) is 6.92 Å². The monoisotopic (exact) mass is 215 g/mol. The van der Waals surface area contributed by atoms with Gasteiger partial charge in [-0.2, -0.15) is 0 Å². The molecule has 1 amide bonds. The van der Waals surface area contributed by atoms with E-state index in [1.165, 1.54) is 11.8 Å². The lowest BCUT2D eigenvalue weighted by atomic mass is 10.4. The fourth-order valence-electron chi connectivity index (χ4n) is 0.816. The molecule has 0 aliphatic heterocycles. The highest BCUT2D eigenvalue weighted by Gasteiger charge is 2.16. The van der Waals surface area contributed by atoms with Crippen LogP contribution in [-0.2, 0) is 4.79 Å². The summed E-state index contributed by atoms with van der Waals surface area (Å²) in [6.45, 7) is 5.43. The van der Waals surface area contributed by atoms with Crippen molar-refractivity contribution in [2.24, 2.45) is 5.84 Å². The lowest BCUT2D eigenvalue weighted by Crippen LogP contribution is -2.36. The number of oxazole rings is 1. The second kappa shape index (κ2) is 4.47. The number of nitrogens with zero attached hydrogens (tertiary/aromatic N) is 1. The Bertz CT molecular complexity index is 318. The van der Waals surface area contributed by atoms with E-state index in [-0.39, 0.29) is 11.2 Å². The first-order valence-electron chi connectivity index (χ1n) is 4.15. The average molecular weight is 215 g/mol. The molecule has 0 saturated heterocycles. The van der Waals surface area contributed by atoms with Crippen molar-refractivity contribution in [3.05, 3.63) is 11.5 Å². The molecular weight excluding hydrogens is 202 g/mol. The molecule has 1 atom stereocenters. The van der Waals surface area contributed by atoms with Crippen LogP contribution in [0, 0.1) is 13.8 Å². The molecule has 5 nitrogen and oxygen atoms in total. The first kappa shape index (κ1) is 11.1. The third kappa shape index (κ3) is 2.49. The van der Waals surface area contributed by atoms with Gasteiger partial charge in [-0.15, -0.1) is 0 Å². The van der Waals surface area contributed by atoms with Gasteiger partial charge >= 0.3 is 0 Å². The zero-order chi connectivity index (χ0) is 10.7. The molecule has 0 fully saturated rings. The molecule has 0 spiro atoms. The maximum Gasteiger partial charge on any atom is 0.256 e. The van der Waals surface area contributed by atoms with Crippen LogP contribution in [0.5, 0.6) is 0 Å². The molecule has 1 rings (SSSR count). The number of hydrogen-bond donors (Lipinski definition) is 2. The summed E-state index contributed by atoms with van der Waals surface area (Å²) in [6, 6.07) is 0. The second-order valence-corrected chi connectivity index (χ2v) is 4.18. The van der Waals surface area contributed by atoms with Gasteiger partial charge in [0.2, 0.25) is 5.91 Å². The fraction of sp³-hybridized carbons (Fsp3) is 0.500. The number of aryl methyl sites for hydroxylation is 2. The molecule has 0 aliphatic rings. The van der Waals surface area contributed by atoms with Crippen molar-refractivity contribution in [1.82, 2.24) is 10.4 Å². The lowest BCUT2D eigenvalue weighted by molar-refractivity contribution is -0.120. The number of carbonyl (C=O) groups excluding carboxylic acids is 1. The van der Waals surface area contributed by atoms with Crippen molar-refractivity contribution in [3.63, 3.8) is 0 Å². The third-order valence-electron chi connectivity index (χ3n) is 1.80. The Balaban J connectivity index is 2.64. The fourth-order valence-corrected chi connectivity index (χ4v) is 1.66. The van der Waals surface area contributed by atoms with E-state index in [1.807, 2.05) is 13.8 Å². The SMILES string of the molecule is Cc1nc(SC(C)C(=O)NN)oc1C. The van der Waals surface area contributed by atoms with Crippen molar-refractivity contribution >= 4 is 17.7 Å². The van der Waals surface area contributed by atoms with Crippen LogP contribution in [0.25, 0.3) is 0 Å². The number of carbonyl (C=O) groups is 1. The van der Waals surface area contributed by atoms with Crippen molar-refractivity contribution in [2.75, 3.05) is 0 Å². The number of nitrogens with two attached hydrogens (primary N) is 1. The smallest absolute Gasteiger partial charge is 0.256 e. The van der Waals surface area contributed by atoms with Crippen molar-refractivity contribution in [3.8, 4) is 0 Å². The molecule has 0 aliphatic carbocycles. The number of hydrazine groups is 1. The number of aromatic nitrogens is 1. The van der Waals surface area contributed by atoms with Gasteiger partial charge in [-0.05, 0) is 20.8 Å². The first-order chi connectivity index (χ1) is 6.54. The number of nitrogens with one attached hydrogen (secondary N) is 1. The van der Waals surface area contributed by atoms with Gasteiger partial charge in [0.1, 0.15) is 5.76 Å². The molecule has 1 unspecified atom stereocenters. The minimum atomic E-state index is -0.308. The molecule has 1 aromatic heterocycles. The van der Waals surface area contributed by atoms with Gasteiger partial charge in [0.15, 0.2) is 0 Å². The number of hydrogen-bond acceptors (Lipinski definition) is 5. The van der Waals surface area contributed by atoms with E-state index in [2.05, 4.69) is 10.4 Å². The van der Waals surface area contributed by atoms with Gasteiger partial charge < -0.3 is 4.42 Å².